The maximum absolute atomic E-state index is 5.94. The highest BCUT2D eigenvalue weighted by Gasteiger charge is 2.25. The molecule has 3 heterocycles. The average Bonchev–Trinajstić information content (AvgIpc) is 3.41. The molecule has 1 atom stereocenters. The summed E-state index contributed by atoms with van der Waals surface area (Å²) in [5, 5.41) is 7.75. The number of aryl methyl sites for hydroxylation is 1. The van der Waals surface area contributed by atoms with Crippen LogP contribution in [-0.2, 0) is 18.3 Å². The first-order chi connectivity index (χ1) is 13.7. The van der Waals surface area contributed by atoms with Crippen molar-refractivity contribution in [3.63, 3.8) is 0 Å². The number of benzene rings is 1. The molecule has 0 bridgehead atoms. The number of morpholine rings is 1. The van der Waals surface area contributed by atoms with Crippen LogP contribution >= 0.6 is 0 Å². The Balaban J connectivity index is 1.34. The lowest BCUT2D eigenvalue weighted by Crippen LogP contribution is -2.47. The molecule has 1 saturated heterocycles. The highest BCUT2D eigenvalue weighted by atomic mass is 16.5. The third-order valence-electron chi connectivity index (χ3n) is 5.24. The van der Waals surface area contributed by atoms with E-state index < -0.39 is 0 Å². The molecule has 2 aromatic rings. The van der Waals surface area contributed by atoms with Crippen molar-refractivity contribution in [1.29, 1.82) is 0 Å². The Morgan fingerprint density at radius 2 is 2.04 bits per heavy atom. The zero-order chi connectivity index (χ0) is 19.3. The second-order valence-corrected chi connectivity index (χ2v) is 7.20. The van der Waals surface area contributed by atoms with E-state index in [9.17, 15) is 0 Å². The van der Waals surface area contributed by atoms with Gasteiger partial charge >= 0.3 is 0 Å². The maximum Gasteiger partial charge on any atom is 0.194 e. The fraction of sp³-hybridized carbons (Fsp3) is 0.429. The van der Waals surface area contributed by atoms with E-state index in [1.54, 1.807) is 0 Å². The van der Waals surface area contributed by atoms with Gasteiger partial charge in [-0.25, -0.2) is 0 Å². The average molecular weight is 380 g/mol. The van der Waals surface area contributed by atoms with E-state index in [1.807, 2.05) is 31.2 Å². The Morgan fingerprint density at radius 1 is 1.25 bits per heavy atom. The lowest BCUT2D eigenvalue weighted by atomic mass is 10.1. The first-order valence-electron chi connectivity index (χ1n) is 9.77. The molecular formula is C21H28N6O. The minimum atomic E-state index is 0.0226. The van der Waals surface area contributed by atoms with Crippen LogP contribution in [0.1, 0.15) is 17.2 Å². The van der Waals surface area contributed by atoms with Crippen LogP contribution in [0.5, 0.6) is 0 Å². The number of aromatic nitrogens is 2. The van der Waals surface area contributed by atoms with Gasteiger partial charge in [-0.2, -0.15) is 5.10 Å². The number of hydrogen-bond donors (Lipinski definition) is 1. The van der Waals surface area contributed by atoms with Crippen LogP contribution in [0.25, 0.3) is 0 Å². The molecule has 2 aliphatic heterocycles. The van der Waals surface area contributed by atoms with E-state index in [0.29, 0.717) is 6.61 Å². The van der Waals surface area contributed by atoms with Gasteiger partial charge in [-0.05, 0) is 17.7 Å². The van der Waals surface area contributed by atoms with Gasteiger partial charge in [0.2, 0.25) is 0 Å². The predicted molar refractivity (Wildman–Crippen MR) is 111 cm³/mol. The van der Waals surface area contributed by atoms with Crippen molar-refractivity contribution < 1.29 is 4.74 Å². The number of aliphatic imine (C=N–C) groups is 1. The zero-order valence-electron chi connectivity index (χ0n) is 16.6. The minimum Gasteiger partial charge on any atom is -0.370 e. The monoisotopic (exact) mass is 380 g/mol. The van der Waals surface area contributed by atoms with Crippen molar-refractivity contribution in [3.8, 4) is 0 Å². The Labute approximate surface area is 166 Å². The van der Waals surface area contributed by atoms with Crippen LogP contribution in [0.2, 0.25) is 0 Å². The van der Waals surface area contributed by atoms with E-state index in [0.717, 1.165) is 44.2 Å². The summed E-state index contributed by atoms with van der Waals surface area (Å²) in [6, 6.07) is 8.76. The number of nitrogens with zero attached hydrogens (tertiary/aromatic N) is 5. The fourth-order valence-corrected chi connectivity index (χ4v) is 3.68. The lowest BCUT2D eigenvalue weighted by Gasteiger charge is -2.34. The van der Waals surface area contributed by atoms with Crippen LogP contribution in [-0.4, -0.2) is 60.5 Å². The van der Waals surface area contributed by atoms with E-state index >= 15 is 0 Å². The highest BCUT2D eigenvalue weighted by Crippen LogP contribution is 2.22. The SMILES string of the molecule is CN=C(NCc1ccc(N2CC=CC2)cc1)N1CCOC(c2cnn(C)c2)C1. The van der Waals surface area contributed by atoms with Gasteiger partial charge in [0.05, 0.1) is 19.3 Å². The summed E-state index contributed by atoms with van der Waals surface area (Å²) in [6.45, 7) is 5.03. The standard InChI is InChI=1S/C21H28N6O/c1-22-21(27-11-12-28-20(16-27)18-14-24-25(2)15-18)23-13-17-5-7-19(8-6-17)26-9-3-4-10-26/h3-8,14-15,20H,9-13,16H2,1-2H3,(H,22,23). The van der Waals surface area contributed by atoms with Crippen LogP contribution in [0.4, 0.5) is 5.69 Å². The van der Waals surface area contributed by atoms with Crippen LogP contribution in [0.3, 0.4) is 0 Å². The Bertz CT molecular complexity index is 833. The maximum atomic E-state index is 5.94. The highest BCUT2D eigenvalue weighted by molar-refractivity contribution is 5.80. The number of guanidine groups is 1. The largest absolute Gasteiger partial charge is 0.370 e. The molecule has 7 nitrogen and oxygen atoms in total. The van der Waals surface area contributed by atoms with Crippen molar-refractivity contribution in [2.75, 3.05) is 44.7 Å². The van der Waals surface area contributed by atoms with Crippen molar-refractivity contribution in [1.82, 2.24) is 20.0 Å². The molecule has 0 aliphatic carbocycles. The summed E-state index contributed by atoms with van der Waals surface area (Å²) >= 11 is 0. The Hall–Kier alpha value is -2.80. The molecular weight excluding hydrogens is 352 g/mol. The molecule has 0 amide bonds. The van der Waals surface area contributed by atoms with Gasteiger partial charge in [-0.15, -0.1) is 0 Å². The number of anilines is 1. The molecule has 148 valence electrons. The summed E-state index contributed by atoms with van der Waals surface area (Å²) in [5.41, 5.74) is 3.62. The smallest absolute Gasteiger partial charge is 0.194 e. The van der Waals surface area contributed by atoms with Crippen molar-refractivity contribution in [3.05, 3.63) is 59.9 Å². The lowest BCUT2D eigenvalue weighted by molar-refractivity contribution is -0.00805. The molecule has 0 saturated carbocycles. The molecule has 2 aliphatic rings. The van der Waals surface area contributed by atoms with Crippen molar-refractivity contribution >= 4 is 11.6 Å². The molecule has 0 radical (unpaired) electrons. The molecule has 7 heteroatoms. The fourth-order valence-electron chi connectivity index (χ4n) is 3.68. The van der Waals surface area contributed by atoms with Crippen molar-refractivity contribution in [2.24, 2.45) is 12.0 Å². The summed E-state index contributed by atoms with van der Waals surface area (Å²) in [5.74, 6) is 0.907. The zero-order valence-corrected chi connectivity index (χ0v) is 16.6. The molecule has 1 aromatic carbocycles. The summed E-state index contributed by atoms with van der Waals surface area (Å²) in [7, 11) is 3.76. The molecule has 1 aromatic heterocycles. The summed E-state index contributed by atoms with van der Waals surface area (Å²) < 4.78 is 7.75. The van der Waals surface area contributed by atoms with Gasteiger partial charge in [0.1, 0.15) is 6.10 Å². The summed E-state index contributed by atoms with van der Waals surface area (Å²) in [6.07, 6.45) is 8.33. The normalized spacial score (nSPS) is 20.1. The number of ether oxygens (including phenoxy) is 1. The van der Waals surface area contributed by atoms with E-state index in [-0.39, 0.29) is 6.10 Å². The second-order valence-electron chi connectivity index (χ2n) is 7.20. The van der Waals surface area contributed by atoms with Gasteiger partial charge in [0.25, 0.3) is 0 Å². The van der Waals surface area contributed by atoms with Crippen LogP contribution < -0.4 is 10.2 Å². The number of rotatable bonds is 4. The first-order valence-corrected chi connectivity index (χ1v) is 9.77. The van der Waals surface area contributed by atoms with Gasteiger partial charge in [-0.1, -0.05) is 24.3 Å². The van der Waals surface area contributed by atoms with Gasteiger partial charge in [0.15, 0.2) is 5.96 Å². The van der Waals surface area contributed by atoms with E-state index in [2.05, 4.69) is 61.6 Å². The molecule has 4 rings (SSSR count). The van der Waals surface area contributed by atoms with Crippen LogP contribution in [0, 0.1) is 0 Å². The predicted octanol–water partition coefficient (Wildman–Crippen LogP) is 1.95. The van der Waals surface area contributed by atoms with E-state index in [4.69, 9.17) is 4.74 Å². The first kappa shape index (κ1) is 18.6. The van der Waals surface area contributed by atoms with Gasteiger partial charge in [0, 0.05) is 57.7 Å². The topological polar surface area (TPSA) is 57.9 Å². The molecule has 1 fully saturated rings. The second kappa shape index (κ2) is 8.48. The Kier molecular flexibility index (Phi) is 5.62. The number of hydrogen-bond acceptors (Lipinski definition) is 4. The number of nitrogens with one attached hydrogen (secondary N) is 1. The minimum absolute atomic E-state index is 0.0226. The molecule has 1 unspecified atom stereocenters. The third kappa shape index (κ3) is 4.20. The third-order valence-corrected chi connectivity index (χ3v) is 5.24. The molecule has 1 N–H and O–H groups in total. The van der Waals surface area contributed by atoms with Gasteiger partial charge in [-0.3, -0.25) is 9.67 Å². The summed E-state index contributed by atoms with van der Waals surface area (Å²) in [4.78, 5) is 9.08. The quantitative estimate of drug-likeness (QED) is 0.499. The Morgan fingerprint density at radius 3 is 2.71 bits per heavy atom. The molecule has 0 spiro atoms. The van der Waals surface area contributed by atoms with Gasteiger partial charge < -0.3 is 19.9 Å². The van der Waals surface area contributed by atoms with Crippen molar-refractivity contribution in [2.45, 2.75) is 12.6 Å². The van der Waals surface area contributed by atoms with Crippen LogP contribution in [0.15, 0.2) is 53.8 Å². The van der Waals surface area contributed by atoms with E-state index in [1.165, 1.54) is 11.3 Å². The molecule has 28 heavy (non-hydrogen) atoms.